The van der Waals surface area contributed by atoms with Gasteiger partial charge in [0.05, 0.1) is 5.69 Å². The molecule has 96 valence electrons. The van der Waals surface area contributed by atoms with Gasteiger partial charge in [-0.25, -0.2) is 0 Å². The topological polar surface area (TPSA) is 56.7 Å². The maximum atomic E-state index is 6.25. The second kappa shape index (κ2) is 5.31. The van der Waals surface area contributed by atoms with Crippen LogP contribution in [0.5, 0.6) is 0 Å². The van der Waals surface area contributed by atoms with Gasteiger partial charge in [0.1, 0.15) is 0 Å². The number of aromatic nitrogens is 3. The van der Waals surface area contributed by atoms with E-state index in [9.17, 15) is 0 Å². The van der Waals surface area contributed by atoms with Gasteiger partial charge < -0.3 is 5.73 Å². The summed E-state index contributed by atoms with van der Waals surface area (Å²) in [5, 5.41) is 4.44. The minimum Gasteiger partial charge on any atom is -0.324 e. The molecule has 1 atom stereocenters. The van der Waals surface area contributed by atoms with Gasteiger partial charge in [-0.05, 0) is 38.0 Å². The molecular formula is C14H20N4. The number of hydrogen-bond acceptors (Lipinski definition) is 3. The fourth-order valence-corrected chi connectivity index (χ4v) is 2.16. The molecule has 0 aliphatic carbocycles. The molecule has 0 aliphatic rings. The van der Waals surface area contributed by atoms with Crippen molar-refractivity contribution in [2.45, 2.75) is 39.8 Å². The number of aryl methyl sites for hydroxylation is 3. The van der Waals surface area contributed by atoms with Gasteiger partial charge in [0.2, 0.25) is 0 Å². The quantitative estimate of drug-likeness (QED) is 0.896. The van der Waals surface area contributed by atoms with E-state index < -0.39 is 0 Å². The van der Waals surface area contributed by atoms with Crippen molar-refractivity contribution in [2.75, 3.05) is 0 Å². The Bertz CT molecular complexity index is 530. The average Bonchev–Trinajstić information content (AvgIpc) is 2.69. The smallest absolute Gasteiger partial charge is 0.0596 e. The van der Waals surface area contributed by atoms with E-state index in [-0.39, 0.29) is 6.04 Å². The Balaban J connectivity index is 2.18. The predicted octanol–water partition coefficient (Wildman–Crippen LogP) is 2.16. The van der Waals surface area contributed by atoms with Crippen LogP contribution in [0.15, 0.2) is 24.5 Å². The van der Waals surface area contributed by atoms with E-state index in [0.29, 0.717) is 0 Å². The van der Waals surface area contributed by atoms with Gasteiger partial charge in [-0.3, -0.25) is 9.67 Å². The zero-order chi connectivity index (χ0) is 13.1. The second-order valence-electron chi connectivity index (χ2n) is 4.70. The molecular weight excluding hydrogens is 224 g/mol. The molecule has 4 nitrogen and oxygen atoms in total. The van der Waals surface area contributed by atoms with Crippen LogP contribution >= 0.6 is 0 Å². The van der Waals surface area contributed by atoms with Crippen LogP contribution in [0.2, 0.25) is 0 Å². The summed E-state index contributed by atoms with van der Waals surface area (Å²) < 4.78 is 2.01. The first-order valence-corrected chi connectivity index (χ1v) is 6.30. The Kier molecular flexibility index (Phi) is 3.77. The van der Waals surface area contributed by atoms with Gasteiger partial charge in [-0.1, -0.05) is 6.07 Å². The Morgan fingerprint density at radius 1 is 1.28 bits per heavy atom. The molecule has 2 rings (SSSR count). The van der Waals surface area contributed by atoms with Gasteiger partial charge in [-0.15, -0.1) is 0 Å². The molecule has 0 radical (unpaired) electrons. The van der Waals surface area contributed by atoms with E-state index in [1.807, 2.05) is 30.9 Å². The van der Waals surface area contributed by atoms with Crippen molar-refractivity contribution in [3.05, 3.63) is 47.0 Å². The van der Waals surface area contributed by atoms with Gasteiger partial charge in [0, 0.05) is 37.1 Å². The SMILES string of the molecule is CCn1nc(C)cc1CC(N)c1cncc(C)c1. The standard InChI is InChI=1S/C14H20N4/c1-4-18-13(6-11(3)17-18)7-14(15)12-5-10(2)8-16-9-12/h5-6,8-9,14H,4,7,15H2,1-3H3. The summed E-state index contributed by atoms with van der Waals surface area (Å²) in [7, 11) is 0. The Labute approximate surface area is 108 Å². The molecule has 1 unspecified atom stereocenters. The zero-order valence-corrected chi connectivity index (χ0v) is 11.2. The Hall–Kier alpha value is -1.68. The van der Waals surface area contributed by atoms with E-state index >= 15 is 0 Å². The third-order valence-corrected chi connectivity index (χ3v) is 3.04. The Morgan fingerprint density at radius 2 is 2.06 bits per heavy atom. The van der Waals surface area contributed by atoms with Crippen molar-refractivity contribution in [1.82, 2.24) is 14.8 Å². The molecule has 0 saturated heterocycles. The van der Waals surface area contributed by atoms with Crippen molar-refractivity contribution in [3.63, 3.8) is 0 Å². The zero-order valence-electron chi connectivity index (χ0n) is 11.2. The summed E-state index contributed by atoms with van der Waals surface area (Å²) >= 11 is 0. The number of rotatable bonds is 4. The van der Waals surface area contributed by atoms with E-state index in [2.05, 4.69) is 29.1 Å². The lowest BCUT2D eigenvalue weighted by Crippen LogP contribution is -2.16. The normalized spacial score (nSPS) is 12.7. The largest absolute Gasteiger partial charge is 0.324 e. The Morgan fingerprint density at radius 3 is 2.72 bits per heavy atom. The van der Waals surface area contributed by atoms with Gasteiger partial charge in [0.25, 0.3) is 0 Å². The van der Waals surface area contributed by atoms with Gasteiger partial charge >= 0.3 is 0 Å². The van der Waals surface area contributed by atoms with Crippen LogP contribution in [0.25, 0.3) is 0 Å². The fraction of sp³-hybridized carbons (Fsp3) is 0.429. The van der Waals surface area contributed by atoms with E-state index in [4.69, 9.17) is 5.73 Å². The molecule has 0 aromatic carbocycles. The molecule has 0 amide bonds. The first kappa shape index (κ1) is 12.8. The van der Waals surface area contributed by atoms with Crippen molar-refractivity contribution >= 4 is 0 Å². The van der Waals surface area contributed by atoms with Crippen molar-refractivity contribution in [1.29, 1.82) is 0 Å². The maximum Gasteiger partial charge on any atom is 0.0596 e. The van der Waals surface area contributed by atoms with Crippen LogP contribution in [0.4, 0.5) is 0 Å². The van der Waals surface area contributed by atoms with Gasteiger partial charge in [-0.2, -0.15) is 5.10 Å². The molecule has 18 heavy (non-hydrogen) atoms. The van der Waals surface area contributed by atoms with Crippen molar-refractivity contribution < 1.29 is 0 Å². The van der Waals surface area contributed by atoms with Crippen molar-refractivity contribution in [3.8, 4) is 0 Å². The predicted molar refractivity (Wildman–Crippen MR) is 72.2 cm³/mol. The number of nitrogens with zero attached hydrogens (tertiary/aromatic N) is 3. The van der Waals surface area contributed by atoms with Gasteiger partial charge in [0.15, 0.2) is 0 Å². The van der Waals surface area contributed by atoms with Crippen LogP contribution in [0.3, 0.4) is 0 Å². The van der Waals surface area contributed by atoms with Crippen LogP contribution in [0, 0.1) is 13.8 Å². The highest BCUT2D eigenvalue weighted by Crippen LogP contribution is 2.17. The maximum absolute atomic E-state index is 6.25. The summed E-state index contributed by atoms with van der Waals surface area (Å²) in [4.78, 5) is 4.19. The molecule has 2 aromatic rings. The van der Waals surface area contributed by atoms with Crippen LogP contribution in [-0.4, -0.2) is 14.8 Å². The summed E-state index contributed by atoms with van der Waals surface area (Å²) in [6, 6.07) is 4.17. The number of pyridine rings is 1. The molecule has 0 spiro atoms. The fourth-order valence-electron chi connectivity index (χ4n) is 2.16. The molecule has 2 heterocycles. The summed E-state index contributed by atoms with van der Waals surface area (Å²) in [6.07, 6.45) is 4.48. The molecule has 2 N–H and O–H groups in total. The highest BCUT2D eigenvalue weighted by Gasteiger charge is 2.12. The lowest BCUT2D eigenvalue weighted by atomic mass is 10.0. The van der Waals surface area contributed by atoms with E-state index in [1.165, 1.54) is 5.69 Å². The third kappa shape index (κ3) is 2.76. The molecule has 2 aromatic heterocycles. The first-order valence-electron chi connectivity index (χ1n) is 6.30. The third-order valence-electron chi connectivity index (χ3n) is 3.04. The summed E-state index contributed by atoms with van der Waals surface area (Å²) in [5.74, 6) is 0. The summed E-state index contributed by atoms with van der Waals surface area (Å²) in [6.45, 7) is 7.01. The minimum atomic E-state index is -0.0289. The van der Waals surface area contributed by atoms with E-state index in [0.717, 1.165) is 29.8 Å². The van der Waals surface area contributed by atoms with E-state index in [1.54, 1.807) is 0 Å². The monoisotopic (exact) mass is 244 g/mol. The minimum absolute atomic E-state index is 0.0289. The first-order chi connectivity index (χ1) is 8.60. The number of hydrogen-bond donors (Lipinski definition) is 1. The summed E-state index contributed by atoms with van der Waals surface area (Å²) in [5.41, 5.74) is 10.7. The second-order valence-corrected chi connectivity index (χ2v) is 4.70. The number of nitrogens with two attached hydrogens (primary N) is 1. The molecule has 4 heteroatoms. The van der Waals surface area contributed by atoms with Crippen LogP contribution < -0.4 is 5.73 Å². The highest BCUT2D eigenvalue weighted by molar-refractivity contribution is 5.22. The highest BCUT2D eigenvalue weighted by atomic mass is 15.3. The average molecular weight is 244 g/mol. The van der Waals surface area contributed by atoms with Crippen LogP contribution in [0.1, 0.15) is 35.5 Å². The molecule has 0 fully saturated rings. The van der Waals surface area contributed by atoms with Crippen molar-refractivity contribution in [2.24, 2.45) is 5.73 Å². The van der Waals surface area contributed by atoms with Crippen LogP contribution in [-0.2, 0) is 13.0 Å². The lowest BCUT2D eigenvalue weighted by Gasteiger charge is -2.13. The molecule has 0 aliphatic heterocycles. The molecule has 0 saturated carbocycles. The lowest BCUT2D eigenvalue weighted by molar-refractivity contribution is 0.586. The molecule has 0 bridgehead atoms.